The Bertz CT molecular complexity index is 863. The molecule has 28 heavy (non-hydrogen) atoms. The van der Waals surface area contributed by atoms with Crippen molar-refractivity contribution < 1.29 is 19.0 Å². The van der Waals surface area contributed by atoms with Crippen LogP contribution >= 0.6 is 0 Å². The number of ether oxygens (including phenoxy) is 3. The molecule has 7 nitrogen and oxygen atoms in total. The number of amides is 1. The normalized spacial score (nSPS) is 10.5. The highest BCUT2D eigenvalue weighted by Crippen LogP contribution is 2.14. The molecule has 3 rings (SSSR count). The van der Waals surface area contributed by atoms with E-state index in [1.807, 2.05) is 66.9 Å². The molecule has 0 spiro atoms. The molecule has 1 heterocycles. The molecular formula is C21H23N3O4. The minimum Gasteiger partial charge on any atom is -0.497 e. The highest BCUT2D eigenvalue weighted by Gasteiger charge is 2.05. The number of nitrogens with zero attached hydrogens (tertiary/aromatic N) is 2. The van der Waals surface area contributed by atoms with Crippen molar-refractivity contribution in [2.24, 2.45) is 0 Å². The van der Waals surface area contributed by atoms with Gasteiger partial charge in [0.2, 0.25) is 5.91 Å². The van der Waals surface area contributed by atoms with Gasteiger partial charge >= 0.3 is 0 Å². The van der Waals surface area contributed by atoms with Crippen LogP contribution in [0.5, 0.6) is 11.5 Å². The lowest BCUT2D eigenvalue weighted by Gasteiger charge is -2.07. The zero-order valence-electron chi connectivity index (χ0n) is 15.7. The van der Waals surface area contributed by atoms with Gasteiger partial charge in [0.05, 0.1) is 31.6 Å². The summed E-state index contributed by atoms with van der Waals surface area (Å²) in [5.74, 6) is 1.37. The number of methoxy groups -OCH3 is 1. The van der Waals surface area contributed by atoms with Crippen molar-refractivity contribution in [3.8, 4) is 17.2 Å². The molecule has 146 valence electrons. The molecule has 0 bridgehead atoms. The van der Waals surface area contributed by atoms with Gasteiger partial charge in [-0.3, -0.25) is 4.79 Å². The smallest absolute Gasteiger partial charge is 0.246 e. The van der Waals surface area contributed by atoms with Crippen molar-refractivity contribution in [1.82, 2.24) is 15.1 Å². The van der Waals surface area contributed by atoms with Gasteiger partial charge in [0, 0.05) is 6.20 Å². The third kappa shape index (κ3) is 5.85. The molecule has 0 aliphatic rings. The van der Waals surface area contributed by atoms with E-state index in [4.69, 9.17) is 14.2 Å². The molecular weight excluding hydrogens is 358 g/mol. The lowest BCUT2D eigenvalue weighted by molar-refractivity contribution is -0.126. The largest absolute Gasteiger partial charge is 0.497 e. The number of hydrogen-bond donors (Lipinski definition) is 1. The molecule has 0 aliphatic carbocycles. The van der Waals surface area contributed by atoms with Crippen molar-refractivity contribution >= 4 is 5.91 Å². The predicted octanol–water partition coefficient (Wildman–Crippen LogP) is 2.59. The SMILES string of the molecule is COc1ccc(-n2ccc(CNC(=O)COCCOc3ccccc3)n2)cc1. The fourth-order valence-electron chi connectivity index (χ4n) is 2.47. The van der Waals surface area contributed by atoms with Crippen LogP contribution < -0.4 is 14.8 Å². The van der Waals surface area contributed by atoms with Gasteiger partial charge in [-0.1, -0.05) is 18.2 Å². The molecule has 2 aromatic carbocycles. The van der Waals surface area contributed by atoms with Crippen LogP contribution in [0.3, 0.4) is 0 Å². The van der Waals surface area contributed by atoms with Gasteiger partial charge in [0.15, 0.2) is 0 Å². The standard InChI is InChI=1S/C21H23N3O4/c1-26-19-9-7-18(8-10-19)24-12-11-17(23-24)15-22-21(25)16-27-13-14-28-20-5-3-2-4-6-20/h2-12H,13-16H2,1H3,(H,22,25). The molecule has 3 aromatic rings. The predicted molar refractivity (Wildman–Crippen MR) is 105 cm³/mol. The molecule has 0 unspecified atom stereocenters. The van der Waals surface area contributed by atoms with Crippen LogP contribution in [-0.4, -0.2) is 42.6 Å². The van der Waals surface area contributed by atoms with Crippen LogP contribution in [0, 0.1) is 0 Å². The summed E-state index contributed by atoms with van der Waals surface area (Å²) in [4.78, 5) is 11.9. The minimum absolute atomic E-state index is 0.0165. The zero-order chi connectivity index (χ0) is 19.6. The van der Waals surface area contributed by atoms with Crippen molar-refractivity contribution in [1.29, 1.82) is 0 Å². The van der Waals surface area contributed by atoms with Crippen LogP contribution in [0.2, 0.25) is 0 Å². The average Bonchev–Trinajstić information content (AvgIpc) is 3.22. The van der Waals surface area contributed by atoms with Crippen LogP contribution in [0.1, 0.15) is 5.69 Å². The van der Waals surface area contributed by atoms with Gasteiger partial charge in [-0.2, -0.15) is 5.10 Å². The molecule has 1 aromatic heterocycles. The molecule has 1 N–H and O–H groups in total. The van der Waals surface area contributed by atoms with Gasteiger partial charge < -0.3 is 19.5 Å². The number of carbonyl (C=O) groups is 1. The third-order valence-corrected chi connectivity index (χ3v) is 3.92. The Balaban J connectivity index is 1.35. The first-order valence-corrected chi connectivity index (χ1v) is 8.96. The summed E-state index contributed by atoms with van der Waals surface area (Å²) in [6.07, 6.45) is 1.85. The van der Waals surface area contributed by atoms with E-state index >= 15 is 0 Å². The fraction of sp³-hybridized carbons (Fsp3) is 0.238. The first-order valence-electron chi connectivity index (χ1n) is 8.96. The number of benzene rings is 2. The molecule has 0 atom stereocenters. The van der Waals surface area contributed by atoms with E-state index in [0.29, 0.717) is 19.8 Å². The van der Waals surface area contributed by atoms with Crippen molar-refractivity contribution in [2.75, 3.05) is 26.9 Å². The first kappa shape index (κ1) is 19.4. The van der Waals surface area contributed by atoms with Gasteiger partial charge in [-0.15, -0.1) is 0 Å². The zero-order valence-corrected chi connectivity index (χ0v) is 15.7. The summed E-state index contributed by atoms with van der Waals surface area (Å²) >= 11 is 0. The van der Waals surface area contributed by atoms with Crippen LogP contribution in [0.25, 0.3) is 5.69 Å². The van der Waals surface area contributed by atoms with Crippen molar-refractivity contribution in [3.05, 3.63) is 72.6 Å². The molecule has 0 saturated heterocycles. The topological polar surface area (TPSA) is 74.6 Å². The van der Waals surface area contributed by atoms with Crippen molar-refractivity contribution in [2.45, 2.75) is 6.54 Å². The Morgan fingerprint density at radius 2 is 1.79 bits per heavy atom. The quantitative estimate of drug-likeness (QED) is 0.547. The van der Waals surface area contributed by atoms with E-state index in [2.05, 4.69) is 10.4 Å². The van der Waals surface area contributed by atoms with Gasteiger partial charge in [0.25, 0.3) is 0 Å². The third-order valence-electron chi connectivity index (χ3n) is 3.92. The molecule has 1 amide bonds. The highest BCUT2D eigenvalue weighted by molar-refractivity contribution is 5.77. The summed E-state index contributed by atoms with van der Waals surface area (Å²) in [6, 6.07) is 18.9. The van der Waals surface area contributed by atoms with E-state index in [1.165, 1.54) is 0 Å². The number of para-hydroxylation sites is 1. The Hall–Kier alpha value is -3.32. The Morgan fingerprint density at radius 3 is 2.54 bits per heavy atom. The highest BCUT2D eigenvalue weighted by atomic mass is 16.5. The van der Waals surface area contributed by atoms with Crippen LogP contribution in [0.4, 0.5) is 0 Å². The van der Waals surface area contributed by atoms with E-state index in [1.54, 1.807) is 11.8 Å². The van der Waals surface area contributed by atoms with Gasteiger partial charge in [0.1, 0.15) is 24.7 Å². The van der Waals surface area contributed by atoms with E-state index in [-0.39, 0.29) is 12.5 Å². The first-order chi connectivity index (χ1) is 13.7. The Kier molecular flexibility index (Phi) is 7.03. The Morgan fingerprint density at radius 1 is 1.00 bits per heavy atom. The average molecular weight is 381 g/mol. The molecule has 0 fully saturated rings. The van der Waals surface area contributed by atoms with Crippen LogP contribution in [-0.2, 0) is 16.1 Å². The lowest BCUT2D eigenvalue weighted by atomic mass is 10.3. The lowest BCUT2D eigenvalue weighted by Crippen LogP contribution is -2.28. The van der Waals surface area contributed by atoms with Crippen LogP contribution in [0.15, 0.2) is 66.9 Å². The van der Waals surface area contributed by atoms with E-state index in [0.717, 1.165) is 22.9 Å². The molecule has 7 heteroatoms. The maximum atomic E-state index is 11.9. The number of nitrogens with one attached hydrogen (secondary N) is 1. The number of aromatic nitrogens is 2. The Labute approximate surface area is 163 Å². The number of carbonyl (C=O) groups excluding carboxylic acids is 1. The molecule has 0 saturated carbocycles. The van der Waals surface area contributed by atoms with Gasteiger partial charge in [-0.05, 0) is 42.5 Å². The maximum Gasteiger partial charge on any atom is 0.246 e. The minimum atomic E-state index is -0.196. The monoisotopic (exact) mass is 381 g/mol. The molecule has 0 aliphatic heterocycles. The fourth-order valence-corrected chi connectivity index (χ4v) is 2.47. The summed E-state index contributed by atoms with van der Waals surface area (Å²) in [5, 5.41) is 7.24. The number of rotatable bonds is 10. The second kappa shape index (κ2) is 10.1. The molecule has 0 radical (unpaired) electrons. The van der Waals surface area contributed by atoms with Crippen molar-refractivity contribution in [3.63, 3.8) is 0 Å². The maximum absolute atomic E-state index is 11.9. The summed E-state index contributed by atoms with van der Waals surface area (Å²) in [5.41, 5.74) is 1.68. The number of hydrogen-bond acceptors (Lipinski definition) is 5. The van der Waals surface area contributed by atoms with E-state index in [9.17, 15) is 4.79 Å². The summed E-state index contributed by atoms with van der Waals surface area (Å²) < 4.78 is 17.7. The second-order valence-electron chi connectivity index (χ2n) is 5.94. The van der Waals surface area contributed by atoms with E-state index < -0.39 is 0 Å². The van der Waals surface area contributed by atoms with Gasteiger partial charge in [-0.25, -0.2) is 4.68 Å². The summed E-state index contributed by atoms with van der Waals surface area (Å²) in [7, 11) is 1.63. The second-order valence-corrected chi connectivity index (χ2v) is 5.94. The summed E-state index contributed by atoms with van der Waals surface area (Å²) in [6.45, 7) is 1.06.